The van der Waals surface area contributed by atoms with Crippen molar-refractivity contribution in [3.63, 3.8) is 0 Å². The Morgan fingerprint density at radius 1 is 1.11 bits per heavy atom. The summed E-state index contributed by atoms with van der Waals surface area (Å²) in [6.07, 6.45) is -0.0890. The lowest BCUT2D eigenvalue weighted by Gasteiger charge is -2.22. The van der Waals surface area contributed by atoms with Gasteiger partial charge >= 0.3 is 5.63 Å². The van der Waals surface area contributed by atoms with Crippen LogP contribution in [-0.4, -0.2) is 23.4 Å². The Labute approximate surface area is 155 Å². The van der Waals surface area contributed by atoms with Gasteiger partial charge in [-0.25, -0.2) is 4.79 Å². The minimum atomic E-state index is -0.589. The minimum Gasteiger partial charge on any atom is -0.508 e. The van der Waals surface area contributed by atoms with Gasteiger partial charge in [0.1, 0.15) is 34.7 Å². The zero-order valence-electron chi connectivity index (χ0n) is 15.5. The Hall–Kier alpha value is -3.15. The Bertz CT molecular complexity index is 1130. The second-order valence-electron chi connectivity index (χ2n) is 7.33. The molecule has 1 atom stereocenters. The van der Waals surface area contributed by atoms with Crippen molar-refractivity contribution in [1.29, 1.82) is 0 Å². The molecule has 6 heteroatoms. The fraction of sp³-hybridized carbons (Fsp3) is 0.286. The summed E-state index contributed by atoms with van der Waals surface area (Å²) in [5.41, 5.74) is 0.764. The van der Waals surface area contributed by atoms with Crippen LogP contribution in [0.25, 0.3) is 22.1 Å². The molecule has 0 radical (unpaired) electrons. The van der Waals surface area contributed by atoms with Gasteiger partial charge in [-0.1, -0.05) is 13.8 Å². The van der Waals surface area contributed by atoms with Gasteiger partial charge in [-0.15, -0.1) is 0 Å². The zero-order valence-corrected chi connectivity index (χ0v) is 15.5. The summed E-state index contributed by atoms with van der Waals surface area (Å²) in [4.78, 5) is 12.7. The molecule has 1 aromatic heterocycles. The molecule has 6 nitrogen and oxygen atoms in total. The first-order valence-electron chi connectivity index (χ1n) is 8.62. The van der Waals surface area contributed by atoms with E-state index in [2.05, 4.69) is 0 Å². The van der Waals surface area contributed by atoms with Crippen molar-refractivity contribution in [2.24, 2.45) is 0 Å². The van der Waals surface area contributed by atoms with Crippen LogP contribution in [0.1, 0.15) is 26.3 Å². The number of phenolic OH excluding ortho intramolecular Hbond substituents is 2. The van der Waals surface area contributed by atoms with Crippen molar-refractivity contribution in [3.8, 4) is 34.1 Å². The molecule has 0 amide bonds. The van der Waals surface area contributed by atoms with Crippen LogP contribution in [0.5, 0.6) is 23.0 Å². The van der Waals surface area contributed by atoms with E-state index in [1.807, 2.05) is 20.8 Å². The number of fused-ring (bicyclic) bond motifs is 3. The summed E-state index contributed by atoms with van der Waals surface area (Å²) in [6.45, 7) is 6.05. The Kier molecular flexibility index (Phi) is 3.63. The van der Waals surface area contributed by atoms with E-state index in [1.165, 1.54) is 25.3 Å². The highest BCUT2D eigenvalue weighted by Gasteiger charge is 2.42. The molecule has 1 unspecified atom stereocenters. The monoisotopic (exact) mass is 368 g/mol. The Balaban J connectivity index is 2.07. The summed E-state index contributed by atoms with van der Waals surface area (Å²) in [6, 6.07) is 7.49. The molecule has 140 valence electrons. The maximum absolute atomic E-state index is 12.7. The second kappa shape index (κ2) is 5.67. The zero-order chi connectivity index (χ0) is 19.5. The molecule has 4 rings (SSSR count). The average Bonchev–Trinajstić information content (AvgIpc) is 2.83. The molecule has 0 aliphatic carbocycles. The van der Waals surface area contributed by atoms with Gasteiger partial charge in [-0.05, 0) is 25.1 Å². The topological polar surface area (TPSA) is 89.1 Å². The molecular weight excluding hydrogens is 348 g/mol. The number of aromatic hydroxyl groups is 2. The van der Waals surface area contributed by atoms with Crippen LogP contribution in [-0.2, 0) is 5.41 Å². The van der Waals surface area contributed by atoms with E-state index in [-0.39, 0.29) is 34.1 Å². The van der Waals surface area contributed by atoms with Gasteiger partial charge in [-0.2, -0.15) is 0 Å². The van der Waals surface area contributed by atoms with Crippen molar-refractivity contribution < 1.29 is 24.1 Å². The first-order valence-corrected chi connectivity index (χ1v) is 8.62. The summed E-state index contributed by atoms with van der Waals surface area (Å²) in [7, 11) is 1.54. The largest absolute Gasteiger partial charge is 0.508 e. The molecule has 0 spiro atoms. The molecule has 2 N–H and O–H groups in total. The maximum atomic E-state index is 12.7. The fourth-order valence-corrected chi connectivity index (χ4v) is 3.57. The molecule has 0 bridgehead atoms. The third-order valence-electron chi connectivity index (χ3n) is 5.40. The first-order chi connectivity index (χ1) is 12.7. The first kappa shape index (κ1) is 17.3. The van der Waals surface area contributed by atoms with Crippen LogP contribution in [0.2, 0.25) is 0 Å². The van der Waals surface area contributed by atoms with E-state index in [1.54, 1.807) is 12.1 Å². The quantitative estimate of drug-likeness (QED) is 0.666. The third-order valence-corrected chi connectivity index (χ3v) is 5.40. The van der Waals surface area contributed by atoms with Gasteiger partial charge in [0, 0.05) is 28.7 Å². The highest BCUT2D eigenvalue weighted by molar-refractivity contribution is 5.93. The van der Waals surface area contributed by atoms with Crippen molar-refractivity contribution >= 4 is 11.0 Å². The SMILES string of the molecule is COc1cc2c(c3oc(=O)c(-c4ccc(O)cc4O)cc13)C(C)(C)C(C)O2. The van der Waals surface area contributed by atoms with Crippen LogP contribution >= 0.6 is 0 Å². The fourth-order valence-electron chi connectivity index (χ4n) is 3.57. The number of hydrogen-bond donors (Lipinski definition) is 2. The summed E-state index contributed by atoms with van der Waals surface area (Å²) in [5.74, 6) is 0.848. The molecule has 2 aromatic carbocycles. The van der Waals surface area contributed by atoms with E-state index in [0.29, 0.717) is 22.5 Å². The van der Waals surface area contributed by atoms with Gasteiger partial charge in [0.2, 0.25) is 0 Å². The molecule has 3 aromatic rings. The molecule has 0 fully saturated rings. The number of phenols is 2. The minimum absolute atomic E-state index is 0.0890. The predicted molar refractivity (Wildman–Crippen MR) is 101 cm³/mol. The van der Waals surface area contributed by atoms with E-state index in [4.69, 9.17) is 13.9 Å². The van der Waals surface area contributed by atoms with Crippen LogP contribution in [0.4, 0.5) is 0 Å². The van der Waals surface area contributed by atoms with E-state index < -0.39 is 5.63 Å². The van der Waals surface area contributed by atoms with Crippen molar-refractivity contribution in [3.05, 3.63) is 46.3 Å². The standard InChI is InChI=1S/C21H20O6/c1-10-21(2,3)18-17(26-10)9-16(25-4)14-8-13(20(24)27-19(14)18)12-6-5-11(22)7-15(12)23/h5-10,22-23H,1-4H3. The van der Waals surface area contributed by atoms with E-state index in [0.717, 1.165) is 5.56 Å². The Morgan fingerprint density at radius 3 is 2.52 bits per heavy atom. The number of methoxy groups -OCH3 is 1. The van der Waals surface area contributed by atoms with Crippen LogP contribution in [0, 0.1) is 0 Å². The number of hydrogen-bond acceptors (Lipinski definition) is 6. The van der Waals surface area contributed by atoms with Crippen molar-refractivity contribution in [1.82, 2.24) is 0 Å². The number of rotatable bonds is 2. The third kappa shape index (κ3) is 2.44. The Morgan fingerprint density at radius 2 is 1.85 bits per heavy atom. The molecule has 1 aliphatic heterocycles. The van der Waals surface area contributed by atoms with Gasteiger partial charge in [0.05, 0.1) is 18.1 Å². The van der Waals surface area contributed by atoms with Gasteiger partial charge in [-0.3, -0.25) is 0 Å². The van der Waals surface area contributed by atoms with Crippen molar-refractivity contribution in [2.75, 3.05) is 7.11 Å². The van der Waals surface area contributed by atoms with Crippen LogP contribution in [0.15, 0.2) is 39.5 Å². The summed E-state index contributed by atoms with van der Waals surface area (Å²) >= 11 is 0. The van der Waals surface area contributed by atoms with E-state index in [9.17, 15) is 15.0 Å². The summed E-state index contributed by atoms with van der Waals surface area (Å²) < 4.78 is 17.2. The molecular formula is C21H20O6. The molecule has 2 heterocycles. The smallest absolute Gasteiger partial charge is 0.344 e. The van der Waals surface area contributed by atoms with Gasteiger partial charge in [0.25, 0.3) is 0 Å². The van der Waals surface area contributed by atoms with E-state index >= 15 is 0 Å². The lowest BCUT2D eigenvalue weighted by Crippen LogP contribution is -2.29. The van der Waals surface area contributed by atoms with Gasteiger partial charge in [0.15, 0.2) is 0 Å². The predicted octanol–water partition coefficient (Wildman–Crippen LogP) is 3.94. The van der Waals surface area contributed by atoms with Crippen molar-refractivity contribution in [2.45, 2.75) is 32.3 Å². The van der Waals surface area contributed by atoms with Crippen LogP contribution in [0.3, 0.4) is 0 Å². The lowest BCUT2D eigenvalue weighted by atomic mass is 9.81. The molecule has 0 saturated carbocycles. The normalized spacial score (nSPS) is 17.6. The maximum Gasteiger partial charge on any atom is 0.344 e. The second-order valence-corrected chi connectivity index (χ2v) is 7.33. The molecule has 27 heavy (non-hydrogen) atoms. The van der Waals surface area contributed by atoms with Gasteiger partial charge < -0.3 is 24.1 Å². The molecule has 0 saturated heterocycles. The number of ether oxygens (including phenoxy) is 2. The summed E-state index contributed by atoms with van der Waals surface area (Å²) in [5, 5.41) is 20.3. The lowest BCUT2D eigenvalue weighted by molar-refractivity contribution is 0.185. The highest BCUT2D eigenvalue weighted by Crippen LogP contribution is 2.49. The van der Waals surface area contributed by atoms with Crippen LogP contribution < -0.4 is 15.1 Å². The molecule has 1 aliphatic rings. The highest BCUT2D eigenvalue weighted by atomic mass is 16.5. The number of benzene rings is 2. The average molecular weight is 368 g/mol.